The van der Waals surface area contributed by atoms with E-state index in [1.165, 1.54) is 0 Å². The van der Waals surface area contributed by atoms with Crippen molar-refractivity contribution in [2.75, 3.05) is 25.0 Å². The van der Waals surface area contributed by atoms with Crippen LogP contribution in [0.4, 0.5) is 10.1 Å². The lowest BCUT2D eigenvalue weighted by atomic mass is 10.1. The molecule has 1 N–H and O–H groups in total. The van der Waals surface area contributed by atoms with E-state index in [0.29, 0.717) is 5.92 Å². The Hall–Kier alpha value is -1.09. The zero-order valence-electron chi connectivity index (χ0n) is 12.7. The average Bonchev–Trinajstić information content (AvgIpc) is 2.38. The second-order valence-corrected chi connectivity index (χ2v) is 5.34. The number of halogens is 1. The van der Waals surface area contributed by atoms with Gasteiger partial charge in [0.25, 0.3) is 0 Å². The normalized spacial score (nSPS) is 12.5. The fourth-order valence-corrected chi connectivity index (χ4v) is 2.16. The highest BCUT2D eigenvalue weighted by Crippen LogP contribution is 2.22. The third kappa shape index (κ3) is 5.19. The van der Waals surface area contributed by atoms with Crippen LogP contribution in [0.15, 0.2) is 18.2 Å². The first-order valence-electron chi connectivity index (χ1n) is 7.28. The van der Waals surface area contributed by atoms with Crippen molar-refractivity contribution in [2.45, 2.75) is 40.2 Å². The number of benzene rings is 1. The molecular weight excluding hydrogens is 239 g/mol. The third-order valence-electron chi connectivity index (χ3n) is 3.48. The maximum atomic E-state index is 13.4. The maximum Gasteiger partial charge on any atom is 0.123 e. The molecular formula is C16H27FN2. The van der Waals surface area contributed by atoms with Crippen LogP contribution < -0.4 is 10.2 Å². The number of nitrogens with one attached hydrogen (secondary N) is 1. The van der Waals surface area contributed by atoms with Crippen LogP contribution in [0.25, 0.3) is 0 Å². The van der Waals surface area contributed by atoms with Crippen molar-refractivity contribution in [1.29, 1.82) is 0 Å². The quantitative estimate of drug-likeness (QED) is 0.720. The van der Waals surface area contributed by atoms with Crippen molar-refractivity contribution < 1.29 is 4.39 Å². The van der Waals surface area contributed by atoms with Gasteiger partial charge in [0.05, 0.1) is 0 Å². The van der Waals surface area contributed by atoms with E-state index in [4.69, 9.17) is 0 Å². The Bertz CT molecular complexity index is 379. The van der Waals surface area contributed by atoms with Gasteiger partial charge in [0.2, 0.25) is 0 Å². The summed E-state index contributed by atoms with van der Waals surface area (Å²) in [7, 11) is 2.09. The molecule has 0 saturated heterocycles. The van der Waals surface area contributed by atoms with Crippen LogP contribution >= 0.6 is 0 Å². The number of anilines is 1. The SMILES string of the molecule is CCCNCc1cc(F)ccc1N(C)CC(C)CC. The van der Waals surface area contributed by atoms with Crippen LogP contribution in [0.3, 0.4) is 0 Å². The zero-order chi connectivity index (χ0) is 14.3. The standard InChI is InChI=1S/C16H27FN2/c1-5-9-18-11-14-10-15(17)7-8-16(14)19(4)12-13(3)6-2/h7-8,10,13,18H,5-6,9,11-12H2,1-4H3. The molecule has 0 fully saturated rings. The van der Waals surface area contributed by atoms with Crippen molar-refractivity contribution in [2.24, 2.45) is 5.92 Å². The van der Waals surface area contributed by atoms with E-state index in [1.54, 1.807) is 12.1 Å². The van der Waals surface area contributed by atoms with Gasteiger partial charge in [0, 0.05) is 25.8 Å². The van der Waals surface area contributed by atoms with Gasteiger partial charge >= 0.3 is 0 Å². The Labute approximate surface area is 117 Å². The summed E-state index contributed by atoms with van der Waals surface area (Å²) in [6.45, 7) is 9.27. The minimum absolute atomic E-state index is 0.158. The Morgan fingerprint density at radius 1 is 1.32 bits per heavy atom. The highest BCUT2D eigenvalue weighted by atomic mass is 19.1. The van der Waals surface area contributed by atoms with E-state index >= 15 is 0 Å². The topological polar surface area (TPSA) is 15.3 Å². The molecule has 0 bridgehead atoms. The molecule has 0 aliphatic heterocycles. The summed E-state index contributed by atoms with van der Waals surface area (Å²) in [5, 5.41) is 3.35. The van der Waals surface area contributed by atoms with Crippen LogP contribution in [-0.2, 0) is 6.54 Å². The first-order chi connectivity index (χ1) is 9.08. The lowest BCUT2D eigenvalue weighted by molar-refractivity contribution is 0.557. The van der Waals surface area contributed by atoms with E-state index in [2.05, 4.69) is 38.0 Å². The number of hydrogen-bond acceptors (Lipinski definition) is 2. The molecule has 0 radical (unpaired) electrons. The molecule has 0 spiro atoms. The molecule has 1 unspecified atom stereocenters. The van der Waals surface area contributed by atoms with Gasteiger partial charge in [-0.2, -0.15) is 0 Å². The molecule has 1 rings (SSSR count). The van der Waals surface area contributed by atoms with Crippen LogP contribution in [0.1, 0.15) is 39.2 Å². The molecule has 2 nitrogen and oxygen atoms in total. The van der Waals surface area contributed by atoms with Crippen LogP contribution in [0, 0.1) is 11.7 Å². The van der Waals surface area contributed by atoms with E-state index in [-0.39, 0.29) is 5.82 Å². The average molecular weight is 266 g/mol. The predicted octanol–water partition coefficient (Wildman–Crippen LogP) is 3.81. The molecule has 1 aromatic carbocycles. The molecule has 1 aromatic rings. The summed E-state index contributed by atoms with van der Waals surface area (Å²) < 4.78 is 13.4. The van der Waals surface area contributed by atoms with Crippen LogP contribution in [0.5, 0.6) is 0 Å². The largest absolute Gasteiger partial charge is 0.374 e. The monoisotopic (exact) mass is 266 g/mol. The molecule has 19 heavy (non-hydrogen) atoms. The highest BCUT2D eigenvalue weighted by molar-refractivity contribution is 5.53. The van der Waals surface area contributed by atoms with E-state index < -0.39 is 0 Å². The van der Waals surface area contributed by atoms with Gasteiger partial charge in [-0.05, 0) is 42.6 Å². The first kappa shape index (κ1) is 16.0. The van der Waals surface area contributed by atoms with Gasteiger partial charge in [-0.3, -0.25) is 0 Å². The summed E-state index contributed by atoms with van der Waals surface area (Å²) in [6, 6.07) is 5.08. The van der Waals surface area contributed by atoms with Crippen molar-refractivity contribution in [1.82, 2.24) is 5.32 Å². The smallest absolute Gasteiger partial charge is 0.123 e. The Morgan fingerprint density at radius 2 is 2.05 bits per heavy atom. The Balaban J connectivity index is 2.79. The maximum absolute atomic E-state index is 13.4. The summed E-state index contributed by atoms with van der Waals surface area (Å²) in [5.74, 6) is 0.487. The van der Waals surface area contributed by atoms with E-state index in [0.717, 1.165) is 43.7 Å². The molecule has 0 aromatic heterocycles. The predicted molar refractivity (Wildman–Crippen MR) is 81.1 cm³/mol. The second kappa shape index (κ2) is 8.16. The molecule has 108 valence electrons. The Kier molecular flexibility index (Phi) is 6.85. The van der Waals surface area contributed by atoms with Gasteiger partial charge in [-0.15, -0.1) is 0 Å². The summed E-state index contributed by atoms with van der Waals surface area (Å²) in [6.07, 6.45) is 2.25. The van der Waals surface area contributed by atoms with Gasteiger partial charge in [-0.25, -0.2) is 4.39 Å². The highest BCUT2D eigenvalue weighted by Gasteiger charge is 2.10. The van der Waals surface area contributed by atoms with Crippen LogP contribution in [-0.4, -0.2) is 20.1 Å². The minimum Gasteiger partial charge on any atom is -0.374 e. The molecule has 0 amide bonds. The van der Waals surface area contributed by atoms with Crippen molar-refractivity contribution >= 4 is 5.69 Å². The molecule has 1 atom stereocenters. The minimum atomic E-state index is -0.158. The second-order valence-electron chi connectivity index (χ2n) is 5.34. The Morgan fingerprint density at radius 3 is 2.68 bits per heavy atom. The first-order valence-corrected chi connectivity index (χ1v) is 7.28. The zero-order valence-corrected chi connectivity index (χ0v) is 12.7. The fraction of sp³-hybridized carbons (Fsp3) is 0.625. The number of nitrogens with zero attached hydrogens (tertiary/aromatic N) is 1. The molecule has 0 heterocycles. The number of rotatable bonds is 8. The molecule has 0 aliphatic carbocycles. The summed E-state index contributed by atoms with van der Waals surface area (Å²) in [4.78, 5) is 2.23. The fourth-order valence-electron chi connectivity index (χ4n) is 2.16. The lowest BCUT2D eigenvalue weighted by Crippen LogP contribution is -2.26. The van der Waals surface area contributed by atoms with Crippen molar-refractivity contribution in [3.8, 4) is 0 Å². The van der Waals surface area contributed by atoms with Crippen LogP contribution in [0.2, 0.25) is 0 Å². The molecule has 0 aliphatic rings. The van der Waals surface area contributed by atoms with Gasteiger partial charge in [0.1, 0.15) is 5.82 Å². The van der Waals surface area contributed by atoms with Crippen molar-refractivity contribution in [3.05, 3.63) is 29.6 Å². The summed E-state index contributed by atoms with van der Waals surface area (Å²) >= 11 is 0. The third-order valence-corrected chi connectivity index (χ3v) is 3.48. The van der Waals surface area contributed by atoms with Crippen molar-refractivity contribution in [3.63, 3.8) is 0 Å². The summed E-state index contributed by atoms with van der Waals surface area (Å²) in [5.41, 5.74) is 2.17. The van der Waals surface area contributed by atoms with E-state index in [9.17, 15) is 4.39 Å². The molecule has 0 saturated carbocycles. The van der Waals surface area contributed by atoms with Gasteiger partial charge in [-0.1, -0.05) is 27.2 Å². The molecule has 3 heteroatoms. The van der Waals surface area contributed by atoms with Gasteiger partial charge in [0.15, 0.2) is 0 Å². The lowest BCUT2D eigenvalue weighted by Gasteiger charge is -2.25. The van der Waals surface area contributed by atoms with Gasteiger partial charge < -0.3 is 10.2 Å². The number of hydrogen-bond donors (Lipinski definition) is 1. The van der Waals surface area contributed by atoms with E-state index in [1.807, 2.05) is 6.07 Å².